The lowest BCUT2D eigenvalue weighted by Crippen LogP contribution is -2.41. The summed E-state index contributed by atoms with van der Waals surface area (Å²) in [5, 5.41) is 1.20. The first-order chi connectivity index (χ1) is 14.3. The fraction of sp³-hybridized carbons (Fsp3) is 0.545. The Labute approximate surface area is 171 Å². The molecular formula is C22H28N4O3. The van der Waals surface area contributed by atoms with Crippen molar-refractivity contribution in [1.29, 1.82) is 0 Å². The number of hydrogen-bond donors (Lipinski definition) is 0. The van der Waals surface area contributed by atoms with Crippen molar-refractivity contribution in [2.45, 2.75) is 25.1 Å². The molecule has 2 atom stereocenters. The highest BCUT2D eigenvalue weighted by Crippen LogP contribution is 2.29. The molecule has 0 saturated carbocycles. The van der Waals surface area contributed by atoms with Crippen LogP contribution < -0.4 is 0 Å². The summed E-state index contributed by atoms with van der Waals surface area (Å²) in [6.07, 6.45) is 2.70. The van der Waals surface area contributed by atoms with E-state index in [4.69, 9.17) is 9.47 Å². The van der Waals surface area contributed by atoms with Crippen molar-refractivity contribution in [3.05, 3.63) is 42.1 Å². The third-order valence-corrected chi connectivity index (χ3v) is 6.31. The molecule has 3 aliphatic rings. The molecule has 154 valence electrons. The zero-order valence-electron chi connectivity index (χ0n) is 16.7. The number of nitrogens with zero attached hydrogens (tertiary/aromatic N) is 4. The van der Waals surface area contributed by atoms with Crippen molar-refractivity contribution in [3.63, 3.8) is 0 Å². The Hall–Kier alpha value is -2.22. The van der Waals surface area contributed by atoms with E-state index in [-0.39, 0.29) is 18.2 Å². The lowest BCUT2D eigenvalue weighted by Gasteiger charge is -2.28. The molecule has 0 aliphatic carbocycles. The molecule has 1 aromatic heterocycles. The minimum atomic E-state index is -0.143. The van der Waals surface area contributed by atoms with Crippen molar-refractivity contribution >= 4 is 17.0 Å². The quantitative estimate of drug-likeness (QED) is 0.744. The third kappa shape index (κ3) is 3.95. The summed E-state index contributed by atoms with van der Waals surface area (Å²) in [6.45, 7) is 7.91. The molecule has 7 nitrogen and oxygen atoms in total. The van der Waals surface area contributed by atoms with Gasteiger partial charge in [-0.05, 0) is 24.1 Å². The normalized spacial score (nSPS) is 25.5. The molecular weight excluding hydrogens is 368 g/mol. The second-order valence-electron chi connectivity index (χ2n) is 8.17. The largest absolute Gasteiger partial charge is 0.442 e. The van der Waals surface area contributed by atoms with Crippen molar-refractivity contribution in [1.82, 2.24) is 19.7 Å². The number of ether oxygens (including phenoxy) is 2. The fourth-order valence-corrected chi connectivity index (χ4v) is 4.79. The van der Waals surface area contributed by atoms with Crippen LogP contribution in [0.25, 0.3) is 10.9 Å². The number of benzene rings is 1. The molecule has 0 spiro atoms. The van der Waals surface area contributed by atoms with Crippen molar-refractivity contribution in [2.75, 3.05) is 52.5 Å². The minimum Gasteiger partial charge on any atom is -0.442 e. The molecule has 1 amide bonds. The molecule has 0 radical (unpaired) electrons. The van der Waals surface area contributed by atoms with Crippen LogP contribution in [-0.4, -0.2) is 90.4 Å². The number of hydrogen-bond acceptors (Lipinski definition) is 6. The van der Waals surface area contributed by atoms with Crippen LogP contribution in [0.2, 0.25) is 0 Å². The molecule has 0 unspecified atom stereocenters. The second-order valence-corrected chi connectivity index (χ2v) is 8.17. The van der Waals surface area contributed by atoms with E-state index in [0.29, 0.717) is 0 Å². The van der Waals surface area contributed by atoms with Crippen LogP contribution >= 0.6 is 0 Å². The highest BCUT2D eigenvalue weighted by molar-refractivity contribution is 5.81. The SMILES string of the molecule is O=C1O[C@@H]2CN(Cc3ccnc4ccccc34)C[C@@H]2N1CCCN1CCOCC1. The molecule has 4 heterocycles. The number of rotatable bonds is 6. The third-order valence-electron chi connectivity index (χ3n) is 6.31. The topological polar surface area (TPSA) is 58.1 Å². The number of fused-ring (bicyclic) bond motifs is 2. The highest BCUT2D eigenvalue weighted by atomic mass is 16.6. The number of carbonyl (C=O) groups is 1. The molecule has 0 bridgehead atoms. The van der Waals surface area contributed by atoms with Crippen LogP contribution in [0.3, 0.4) is 0 Å². The summed E-state index contributed by atoms with van der Waals surface area (Å²) < 4.78 is 11.1. The number of amides is 1. The summed E-state index contributed by atoms with van der Waals surface area (Å²) in [5.74, 6) is 0. The maximum atomic E-state index is 12.4. The van der Waals surface area contributed by atoms with Crippen molar-refractivity contribution < 1.29 is 14.3 Å². The molecule has 5 rings (SSSR count). The number of aromatic nitrogens is 1. The van der Waals surface area contributed by atoms with Gasteiger partial charge in [0.2, 0.25) is 0 Å². The standard InChI is InChI=1S/C22H28N4O3/c27-22-26(9-3-8-24-10-12-28-13-11-24)20-15-25(16-21(20)29-22)14-17-6-7-23-19-5-2-1-4-18(17)19/h1-2,4-7,20-21H,3,8-16H2/t20-,21+/m0/s1. The predicted octanol–water partition coefficient (Wildman–Crippen LogP) is 1.96. The van der Waals surface area contributed by atoms with E-state index in [9.17, 15) is 4.79 Å². The molecule has 7 heteroatoms. The van der Waals surface area contributed by atoms with Gasteiger partial charge >= 0.3 is 6.09 Å². The van der Waals surface area contributed by atoms with Gasteiger partial charge in [0, 0.05) is 57.4 Å². The summed E-state index contributed by atoms with van der Waals surface area (Å²) in [5.41, 5.74) is 2.31. The van der Waals surface area contributed by atoms with E-state index in [1.54, 1.807) is 0 Å². The van der Waals surface area contributed by atoms with Crippen molar-refractivity contribution in [3.8, 4) is 0 Å². The van der Waals surface area contributed by atoms with Gasteiger partial charge in [0.1, 0.15) is 6.10 Å². The van der Waals surface area contributed by atoms with Gasteiger partial charge in [0.25, 0.3) is 0 Å². The van der Waals surface area contributed by atoms with Gasteiger partial charge in [-0.3, -0.25) is 14.8 Å². The predicted molar refractivity (Wildman–Crippen MR) is 110 cm³/mol. The van der Waals surface area contributed by atoms with Gasteiger partial charge in [0.05, 0.1) is 24.8 Å². The van der Waals surface area contributed by atoms with E-state index >= 15 is 0 Å². The van der Waals surface area contributed by atoms with E-state index in [1.165, 1.54) is 10.9 Å². The molecule has 3 aliphatic heterocycles. The first-order valence-electron chi connectivity index (χ1n) is 10.6. The Morgan fingerprint density at radius 2 is 1.90 bits per heavy atom. The van der Waals surface area contributed by atoms with Gasteiger partial charge in [-0.25, -0.2) is 4.79 Å². The Balaban J connectivity index is 1.19. The van der Waals surface area contributed by atoms with Crippen molar-refractivity contribution in [2.24, 2.45) is 0 Å². The fourth-order valence-electron chi connectivity index (χ4n) is 4.79. The Bertz CT molecular complexity index is 865. The highest BCUT2D eigenvalue weighted by Gasteiger charge is 2.47. The minimum absolute atomic E-state index is 0.0148. The smallest absolute Gasteiger partial charge is 0.410 e. The molecule has 3 fully saturated rings. The van der Waals surface area contributed by atoms with Gasteiger partial charge in [-0.1, -0.05) is 18.2 Å². The Kier molecular flexibility index (Phi) is 5.35. The number of likely N-dealkylation sites (tertiary alicyclic amines) is 1. The lowest BCUT2D eigenvalue weighted by atomic mass is 10.1. The maximum absolute atomic E-state index is 12.4. The first kappa shape index (κ1) is 18.8. The zero-order valence-corrected chi connectivity index (χ0v) is 16.7. The van der Waals surface area contributed by atoms with E-state index in [1.807, 2.05) is 17.2 Å². The first-order valence-corrected chi connectivity index (χ1v) is 10.6. The number of carbonyl (C=O) groups excluding carboxylic acids is 1. The number of pyridine rings is 1. The molecule has 0 N–H and O–H groups in total. The molecule has 29 heavy (non-hydrogen) atoms. The molecule has 2 aromatic rings. The molecule has 1 aromatic carbocycles. The number of morpholine rings is 1. The van der Waals surface area contributed by atoms with E-state index < -0.39 is 0 Å². The van der Waals surface area contributed by atoms with Crippen LogP contribution in [0.4, 0.5) is 4.79 Å². The summed E-state index contributed by atoms with van der Waals surface area (Å²) >= 11 is 0. The van der Waals surface area contributed by atoms with E-state index in [2.05, 4.69) is 39.0 Å². The van der Waals surface area contributed by atoms with Gasteiger partial charge in [-0.2, -0.15) is 0 Å². The monoisotopic (exact) mass is 396 g/mol. The van der Waals surface area contributed by atoms with Crippen LogP contribution in [0.15, 0.2) is 36.5 Å². The zero-order chi connectivity index (χ0) is 19.6. The van der Waals surface area contributed by atoms with Crippen LogP contribution in [0.5, 0.6) is 0 Å². The number of para-hydroxylation sites is 1. The Morgan fingerprint density at radius 3 is 2.79 bits per heavy atom. The van der Waals surface area contributed by atoms with Crippen LogP contribution in [-0.2, 0) is 16.0 Å². The Morgan fingerprint density at radius 1 is 1.03 bits per heavy atom. The second kappa shape index (κ2) is 8.26. The van der Waals surface area contributed by atoms with E-state index in [0.717, 1.165) is 71.0 Å². The average Bonchev–Trinajstić information content (AvgIpc) is 3.26. The summed E-state index contributed by atoms with van der Waals surface area (Å²) in [4.78, 5) is 23.6. The van der Waals surface area contributed by atoms with Gasteiger partial charge < -0.3 is 14.4 Å². The molecule has 3 saturated heterocycles. The van der Waals surface area contributed by atoms with Crippen LogP contribution in [0, 0.1) is 0 Å². The average molecular weight is 396 g/mol. The van der Waals surface area contributed by atoms with Gasteiger partial charge in [-0.15, -0.1) is 0 Å². The summed E-state index contributed by atoms with van der Waals surface area (Å²) in [6, 6.07) is 10.5. The maximum Gasteiger partial charge on any atom is 0.410 e. The summed E-state index contributed by atoms with van der Waals surface area (Å²) in [7, 11) is 0. The van der Waals surface area contributed by atoms with Gasteiger partial charge in [0.15, 0.2) is 0 Å². The lowest BCUT2D eigenvalue weighted by molar-refractivity contribution is 0.0362. The van der Waals surface area contributed by atoms with Crippen LogP contribution in [0.1, 0.15) is 12.0 Å².